The van der Waals surface area contributed by atoms with E-state index in [1.807, 2.05) is 0 Å². The van der Waals surface area contributed by atoms with Crippen molar-refractivity contribution in [2.75, 3.05) is 19.6 Å². The van der Waals surface area contributed by atoms with Crippen LogP contribution in [0.2, 0.25) is 0 Å². The number of piperazine rings is 1. The Hall–Kier alpha value is -0.480. The van der Waals surface area contributed by atoms with Crippen LogP contribution in [0.3, 0.4) is 0 Å². The van der Waals surface area contributed by atoms with Gasteiger partial charge in [0.25, 0.3) is 0 Å². The van der Waals surface area contributed by atoms with Crippen LogP contribution < -0.4 is 5.32 Å². The van der Waals surface area contributed by atoms with Gasteiger partial charge < -0.3 is 10.2 Å². The fraction of sp³-hybridized carbons (Fsp3) is 0.778. The van der Waals surface area contributed by atoms with Crippen LogP contribution in [0.5, 0.6) is 0 Å². The number of halogens is 2. The lowest BCUT2D eigenvalue weighted by Crippen LogP contribution is -2.52. The van der Waals surface area contributed by atoms with Crippen LogP contribution in [-0.2, 0) is 9.59 Å². The summed E-state index contributed by atoms with van der Waals surface area (Å²) in [5.74, 6) is -0.254. The number of hydrogen-bond donors (Lipinski definition) is 1. The largest absolute Gasteiger partial charge is 0.353 e. The van der Waals surface area contributed by atoms with Crippen LogP contribution >= 0.6 is 23.2 Å². The van der Waals surface area contributed by atoms with Crippen molar-refractivity contribution < 1.29 is 9.59 Å². The zero-order valence-corrected chi connectivity index (χ0v) is 9.86. The van der Waals surface area contributed by atoms with Crippen molar-refractivity contribution in [3.8, 4) is 0 Å². The zero-order valence-electron chi connectivity index (χ0n) is 8.35. The van der Waals surface area contributed by atoms with Gasteiger partial charge in [-0.3, -0.25) is 9.59 Å². The Labute approximate surface area is 97.9 Å². The first-order valence-electron chi connectivity index (χ1n) is 4.81. The SMILES string of the molecule is CC1(C(=O)N2CCNC(=O)C2)CC1(Cl)Cl. The van der Waals surface area contributed by atoms with E-state index in [4.69, 9.17) is 23.2 Å². The molecule has 1 aliphatic carbocycles. The molecule has 1 aliphatic heterocycles. The third-order valence-electron chi connectivity index (χ3n) is 3.06. The summed E-state index contributed by atoms with van der Waals surface area (Å²) in [7, 11) is 0. The Morgan fingerprint density at radius 3 is 2.60 bits per heavy atom. The maximum absolute atomic E-state index is 12.0. The average Bonchev–Trinajstić information content (AvgIpc) is 2.66. The van der Waals surface area contributed by atoms with E-state index >= 15 is 0 Å². The van der Waals surface area contributed by atoms with Gasteiger partial charge in [-0.2, -0.15) is 0 Å². The quantitative estimate of drug-likeness (QED) is 0.691. The van der Waals surface area contributed by atoms with Gasteiger partial charge >= 0.3 is 0 Å². The second-order valence-electron chi connectivity index (χ2n) is 4.29. The summed E-state index contributed by atoms with van der Waals surface area (Å²) in [6.45, 7) is 2.88. The van der Waals surface area contributed by atoms with E-state index in [1.165, 1.54) is 4.90 Å². The van der Waals surface area contributed by atoms with E-state index in [0.717, 1.165) is 0 Å². The highest BCUT2D eigenvalue weighted by Crippen LogP contribution is 2.64. The Balaban J connectivity index is 2.06. The molecule has 2 aliphatic rings. The normalized spacial score (nSPS) is 33.5. The average molecular weight is 251 g/mol. The van der Waals surface area contributed by atoms with Gasteiger partial charge in [-0.1, -0.05) is 0 Å². The summed E-state index contributed by atoms with van der Waals surface area (Å²) in [5, 5.41) is 2.66. The highest BCUT2D eigenvalue weighted by atomic mass is 35.5. The minimum atomic E-state index is -0.960. The van der Waals surface area contributed by atoms with E-state index in [-0.39, 0.29) is 18.4 Å². The molecular formula is C9H12Cl2N2O2. The molecule has 6 heteroatoms. The van der Waals surface area contributed by atoms with Gasteiger partial charge in [0.15, 0.2) is 0 Å². The number of nitrogens with one attached hydrogen (secondary N) is 1. The number of carbonyl (C=O) groups excluding carboxylic acids is 2. The molecule has 2 amide bonds. The predicted octanol–water partition coefficient (Wildman–Crippen LogP) is 0.529. The number of alkyl halides is 2. The lowest BCUT2D eigenvalue weighted by Gasteiger charge is -2.29. The molecule has 1 saturated carbocycles. The molecule has 84 valence electrons. The zero-order chi connectivity index (χ0) is 11.3. The number of nitrogens with zero attached hydrogens (tertiary/aromatic N) is 1. The summed E-state index contributed by atoms with van der Waals surface area (Å²) in [5.41, 5.74) is -0.715. The van der Waals surface area contributed by atoms with Crippen molar-refractivity contribution in [1.82, 2.24) is 10.2 Å². The highest BCUT2D eigenvalue weighted by molar-refractivity contribution is 6.53. The molecule has 1 saturated heterocycles. The molecular weight excluding hydrogens is 239 g/mol. The Bertz CT molecular complexity index is 332. The topological polar surface area (TPSA) is 49.4 Å². The first-order chi connectivity index (χ1) is 6.87. The molecule has 1 unspecified atom stereocenters. The molecule has 0 radical (unpaired) electrons. The standard InChI is InChI=1S/C9H12Cl2N2O2/c1-8(5-9(8,10)11)7(15)13-3-2-12-6(14)4-13/h2-5H2,1H3,(H,12,14). The fourth-order valence-corrected chi connectivity index (χ4v) is 2.49. The molecule has 4 nitrogen and oxygen atoms in total. The summed E-state index contributed by atoms with van der Waals surface area (Å²) in [6, 6.07) is 0. The minimum absolute atomic E-state index is 0.109. The Morgan fingerprint density at radius 1 is 1.53 bits per heavy atom. The maximum atomic E-state index is 12.0. The number of carbonyl (C=O) groups is 2. The molecule has 2 rings (SSSR count). The van der Waals surface area contributed by atoms with Crippen LogP contribution in [0, 0.1) is 5.41 Å². The third-order valence-corrected chi connectivity index (χ3v) is 4.16. The van der Waals surface area contributed by atoms with E-state index in [9.17, 15) is 9.59 Å². The molecule has 2 fully saturated rings. The van der Waals surface area contributed by atoms with E-state index < -0.39 is 9.75 Å². The minimum Gasteiger partial charge on any atom is -0.353 e. The summed E-state index contributed by atoms with van der Waals surface area (Å²) >= 11 is 11.8. The van der Waals surface area contributed by atoms with E-state index in [2.05, 4.69) is 5.32 Å². The molecule has 15 heavy (non-hydrogen) atoms. The van der Waals surface area contributed by atoms with Crippen LogP contribution in [-0.4, -0.2) is 40.7 Å². The molecule has 0 aromatic rings. The fourth-order valence-electron chi connectivity index (χ4n) is 1.79. The third kappa shape index (κ3) is 1.70. The van der Waals surface area contributed by atoms with Crippen molar-refractivity contribution in [1.29, 1.82) is 0 Å². The molecule has 0 aromatic carbocycles. The molecule has 1 heterocycles. The van der Waals surface area contributed by atoms with Gasteiger partial charge in [0.1, 0.15) is 4.33 Å². The molecule has 1 N–H and O–H groups in total. The van der Waals surface area contributed by atoms with Crippen LogP contribution in [0.4, 0.5) is 0 Å². The molecule has 0 spiro atoms. The van der Waals surface area contributed by atoms with Gasteiger partial charge in [0.2, 0.25) is 11.8 Å². The van der Waals surface area contributed by atoms with Crippen molar-refractivity contribution in [3.63, 3.8) is 0 Å². The summed E-state index contributed by atoms with van der Waals surface area (Å²) in [4.78, 5) is 24.7. The summed E-state index contributed by atoms with van der Waals surface area (Å²) in [6.07, 6.45) is 0.458. The van der Waals surface area contributed by atoms with Crippen molar-refractivity contribution in [3.05, 3.63) is 0 Å². The molecule has 0 aromatic heterocycles. The molecule has 1 atom stereocenters. The summed E-state index contributed by atoms with van der Waals surface area (Å²) < 4.78 is -0.960. The van der Waals surface area contributed by atoms with E-state index in [1.54, 1.807) is 6.92 Å². The van der Waals surface area contributed by atoms with Gasteiger partial charge in [-0.25, -0.2) is 0 Å². The number of amides is 2. The lowest BCUT2D eigenvalue weighted by atomic mass is 10.1. The lowest BCUT2D eigenvalue weighted by molar-refractivity contribution is -0.142. The van der Waals surface area contributed by atoms with Crippen molar-refractivity contribution >= 4 is 35.0 Å². The first-order valence-corrected chi connectivity index (χ1v) is 5.56. The van der Waals surface area contributed by atoms with Gasteiger partial charge in [0.05, 0.1) is 12.0 Å². The second kappa shape index (κ2) is 3.25. The van der Waals surface area contributed by atoms with Gasteiger partial charge in [-0.15, -0.1) is 23.2 Å². The smallest absolute Gasteiger partial charge is 0.239 e. The monoisotopic (exact) mass is 250 g/mol. The van der Waals surface area contributed by atoms with E-state index in [0.29, 0.717) is 19.5 Å². The predicted molar refractivity (Wildman–Crippen MR) is 56.8 cm³/mol. The van der Waals surface area contributed by atoms with Crippen molar-refractivity contribution in [2.24, 2.45) is 5.41 Å². The first kappa shape index (κ1) is 11.0. The number of rotatable bonds is 1. The number of hydrogen-bond acceptors (Lipinski definition) is 2. The second-order valence-corrected chi connectivity index (χ2v) is 5.77. The Morgan fingerprint density at radius 2 is 2.13 bits per heavy atom. The maximum Gasteiger partial charge on any atom is 0.239 e. The molecule has 0 bridgehead atoms. The van der Waals surface area contributed by atoms with Crippen LogP contribution in [0.25, 0.3) is 0 Å². The Kier molecular flexibility index (Phi) is 2.39. The van der Waals surface area contributed by atoms with Crippen molar-refractivity contribution in [2.45, 2.75) is 17.7 Å². The highest BCUT2D eigenvalue weighted by Gasteiger charge is 2.68. The van der Waals surface area contributed by atoms with Gasteiger partial charge in [0, 0.05) is 13.1 Å². The van der Waals surface area contributed by atoms with Crippen LogP contribution in [0.15, 0.2) is 0 Å². The van der Waals surface area contributed by atoms with Crippen LogP contribution in [0.1, 0.15) is 13.3 Å². The van der Waals surface area contributed by atoms with Gasteiger partial charge in [-0.05, 0) is 13.3 Å².